The van der Waals surface area contributed by atoms with Gasteiger partial charge < -0.3 is 19.1 Å². The van der Waals surface area contributed by atoms with Gasteiger partial charge in [-0.2, -0.15) is 0 Å². The van der Waals surface area contributed by atoms with Crippen LogP contribution >= 0.6 is 9.03 Å². The Hall–Kier alpha value is -0.710. The minimum atomic E-state index is -0.548. The fraction of sp³-hybridized carbons (Fsp3) is 0.846. The zero-order valence-corrected chi connectivity index (χ0v) is 13.7. The van der Waals surface area contributed by atoms with Crippen molar-refractivity contribution < 1.29 is 23.4 Å². The molecule has 1 N–H and O–H groups in total. The van der Waals surface area contributed by atoms with Gasteiger partial charge in [0.25, 0.3) is 0 Å². The van der Waals surface area contributed by atoms with Gasteiger partial charge >= 0.3 is 5.97 Å². The first-order chi connectivity index (χ1) is 9.12. The van der Waals surface area contributed by atoms with Crippen molar-refractivity contribution in [2.45, 2.75) is 52.7 Å². The van der Waals surface area contributed by atoms with Crippen LogP contribution in [-0.2, 0) is 23.4 Å². The van der Waals surface area contributed by atoms with Crippen LogP contribution in [0.25, 0.3) is 0 Å². The lowest BCUT2D eigenvalue weighted by Crippen LogP contribution is -2.48. The molecule has 1 aliphatic heterocycles. The number of nitrogens with one attached hydrogen (secondary N) is 1. The summed E-state index contributed by atoms with van der Waals surface area (Å²) in [7, 11) is -0.118. The number of amides is 1. The second-order valence-corrected chi connectivity index (χ2v) is 7.18. The Bertz CT molecular complexity index is 364. The van der Waals surface area contributed by atoms with E-state index >= 15 is 0 Å². The van der Waals surface area contributed by atoms with Gasteiger partial charge in [-0.05, 0) is 20.8 Å². The maximum absolute atomic E-state index is 12.0. The number of esters is 1. The number of ether oxygens (including phenoxy) is 1. The smallest absolute Gasteiger partial charge is 0.308 e. The van der Waals surface area contributed by atoms with Crippen LogP contribution in [0.3, 0.4) is 0 Å². The van der Waals surface area contributed by atoms with Crippen molar-refractivity contribution in [2.75, 3.05) is 13.2 Å². The monoisotopic (exact) mass is 305 g/mol. The first-order valence-electron chi connectivity index (χ1n) is 6.64. The van der Waals surface area contributed by atoms with Crippen LogP contribution in [-0.4, -0.2) is 36.7 Å². The predicted molar refractivity (Wildman–Crippen MR) is 76.4 cm³/mol. The van der Waals surface area contributed by atoms with Crippen molar-refractivity contribution >= 4 is 20.9 Å². The van der Waals surface area contributed by atoms with E-state index in [0.717, 1.165) is 0 Å². The van der Waals surface area contributed by atoms with E-state index in [1.165, 1.54) is 0 Å². The summed E-state index contributed by atoms with van der Waals surface area (Å²) in [5, 5.41) is 2.71. The average Bonchev–Trinajstić information content (AvgIpc) is 2.25. The van der Waals surface area contributed by atoms with E-state index in [-0.39, 0.29) is 39.3 Å². The molecule has 0 saturated carbocycles. The highest BCUT2D eigenvalue weighted by atomic mass is 31.1. The Morgan fingerprint density at radius 2 is 2.05 bits per heavy atom. The summed E-state index contributed by atoms with van der Waals surface area (Å²) >= 11 is 0. The molecule has 0 aromatic heterocycles. The van der Waals surface area contributed by atoms with Crippen molar-refractivity contribution in [1.29, 1.82) is 0 Å². The molecule has 1 unspecified atom stereocenters. The molecule has 0 aromatic carbocycles. The molecule has 0 aromatic rings. The summed E-state index contributed by atoms with van der Waals surface area (Å²) in [6, 6.07) is 0. The number of carbonyl (C=O) groups excluding carboxylic acids is 2. The van der Waals surface area contributed by atoms with E-state index in [1.54, 1.807) is 0 Å². The molecule has 0 aliphatic carbocycles. The standard InChI is InChI=1S/C13H24NO5P/c1-12(2,3)18-9(15)6-7-14-11(16)10-13(4,5)8-17-20-19-10/h10,20H,6-8H2,1-5H3,(H,14,16)/t10-/m0/s1. The Morgan fingerprint density at radius 3 is 2.60 bits per heavy atom. The Balaban J connectivity index is 2.35. The third-order valence-corrected chi connectivity index (χ3v) is 3.26. The second-order valence-electron chi connectivity index (χ2n) is 6.49. The molecule has 1 aliphatic rings. The van der Waals surface area contributed by atoms with Crippen molar-refractivity contribution in [3.63, 3.8) is 0 Å². The summed E-state index contributed by atoms with van der Waals surface area (Å²) in [5.41, 5.74) is -0.880. The lowest BCUT2D eigenvalue weighted by atomic mass is 9.87. The van der Waals surface area contributed by atoms with Gasteiger partial charge in [-0.1, -0.05) is 13.8 Å². The molecule has 20 heavy (non-hydrogen) atoms. The average molecular weight is 305 g/mol. The van der Waals surface area contributed by atoms with Gasteiger partial charge in [0.1, 0.15) is 11.7 Å². The molecular formula is C13H24NO5P. The molecule has 0 spiro atoms. The van der Waals surface area contributed by atoms with Gasteiger partial charge in [0.2, 0.25) is 5.91 Å². The minimum absolute atomic E-state index is 0.118. The first-order valence-corrected chi connectivity index (χ1v) is 7.45. The Labute approximate surface area is 121 Å². The molecular weight excluding hydrogens is 281 g/mol. The van der Waals surface area contributed by atoms with Gasteiger partial charge in [-0.25, -0.2) is 0 Å². The molecule has 0 radical (unpaired) electrons. The zero-order chi connectivity index (χ0) is 15.4. The van der Waals surface area contributed by atoms with Crippen molar-refractivity contribution in [3.8, 4) is 0 Å². The maximum atomic E-state index is 12.0. The molecule has 1 amide bonds. The molecule has 1 fully saturated rings. The fourth-order valence-corrected chi connectivity index (χ4v) is 2.74. The van der Waals surface area contributed by atoms with Gasteiger partial charge in [0.15, 0.2) is 9.03 Å². The number of hydrogen-bond acceptors (Lipinski definition) is 5. The van der Waals surface area contributed by atoms with Crippen LogP contribution in [0.1, 0.15) is 41.0 Å². The van der Waals surface area contributed by atoms with E-state index in [2.05, 4.69) is 5.32 Å². The Kier molecular flexibility index (Phi) is 5.92. The van der Waals surface area contributed by atoms with Gasteiger partial charge in [0.05, 0.1) is 13.0 Å². The van der Waals surface area contributed by atoms with Crippen LogP contribution in [0.2, 0.25) is 0 Å². The van der Waals surface area contributed by atoms with Crippen LogP contribution in [0, 0.1) is 5.41 Å². The van der Waals surface area contributed by atoms with Crippen LogP contribution in [0.4, 0.5) is 0 Å². The molecule has 1 heterocycles. The topological polar surface area (TPSA) is 73.9 Å². The maximum Gasteiger partial charge on any atom is 0.308 e. The number of hydrogen-bond donors (Lipinski definition) is 1. The van der Waals surface area contributed by atoms with Crippen LogP contribution in [0.5, 0.6) is 0 Å². The van der Waals surface area contributed by atoms with E-state index in [0.29, 0.717) is 6.61 Å². The van der Waals surface area contributed by atoms with Crippen molar-refractivity contribution in [3.05, 3.63) is 0 Å². The molecule has 1 rings (SSSR count). The summed E-state index contributed by atoms with van der Waals surface area (Å²) in [6.45, 7) is 9.97. The second kappa shape index (κ2) is 6.83. The lowest BCUT2D eigenvalue weighted by Gasteiger charge is -2.36. The highest BCUT2D eigenvalue weighted by molar-refractivity contribution is 7.26. The quantitative estimate of drug-likeness (QED) is 0.633. The molecule has 0 bridgehead atoms. The minimum Gasteiger partial charge on any atom is -0.460 e. The zero-order valence-electron chi connectivity index (χ0n) is 12.7. The van der Waals surface area contributed by atoms with E-state index < -0.39 is 11.7 Å². The van der Waals surface area contributed by atoms with Crippen molar-refractivity contribution in [1.82, 2.24) is 5.32 Å². The fourth-order valence-electron chi connectivity index (χ4n) is 1.71. The summed E-state index contributed by atoms with van der Waals surface area (Å²) < 4.78 is 15.8. The largest absolute Gasteiger partial charge is 0.460 e. The Morgan fingerprint density at radius 1 is 1.40 bits per heavy atom. The third kappa shape index (κ3) is 5.73. The van der Waals surface area contributed by atoms with E-state index in [9.17, 15) is 9.59 Å². The van der Waals surface area contributed by atoms with Crippen LogP contribution in [0.15, 0.2) is 0 Å². The first kappa shape index (κ1) is 17.3. The van der Waals surface area contributed by atoms with Gasteiger partial charge in [0, 0.05) is 12.0 Å². The molecule has 1 saturated heterocycles. The molecule has 6 nitrogen and oxygen atoms in total. The molecule has 7 heteroatoms. The summed E-state index contributed by atoms with van der Waals surface area (Å²) in [5.74, 6) is -0.541. The van der Waals surface area contributed by atoms with E-state index in [1.807, 2.05) is 34.6 Å². The lowest BCUT2D eigenvalue weighted by molar-refractivity contribution is -0.154. The van der Waals surface area contributed by atoms with Gasteiger partial charge in [-0.3, -0.25) is 9.59 Å². The van der Waals surface area contributed by atoms with E-state index in [4.69, 9.17) is 13.8 Å². The third-order valence-electron chi connectivity index (χ3n) is 2.67. The van der Waals surface area contributed by atoms with Crippen LogP contribution < -0.4 is 5.32 Å². The summed E-state index contributed by atoms with van der Waals surface area (Å²) in [6.07, 6.45) is -0.400. The summed E-state index contributed by atoms with van der Waals surface area (Å²) in [4.78, 5) is 23.6. The van der Waals surface area contributed by atoms with Gasteiger partial charge in [-0.15, -0.1) is 0 Å². The number of rotatable bonds is 4. The molecule has 2 atom stereocenters. The SMILES string of the molecule is CC(C)(C)OC(=O)CCNC(=O)[C@@H]1OPOCC1(C)C. The highest BCUT2D eigenvalue weighted by Crippen LogP contribution is 2.37. The highest BCUT2D eigenvalue weighted by Gasteiger charge is 2.39. The number of carbonyl (C=O) groups is 2. The normalized spacial score (nSPS) is 23.4. The van der Waals surface area contributed by atoms with Crippen molar-refractivity contribution in [2.24, 2.45) is 5.41 Å². The predicted octanol–water partition coefficient (Wildman–Crippen LogP) is 1.78. The molecule has 116 valence electrons.